The number of imidazole rings is 1. The van der Waals surface area contributed by atoms with Crippen molar-refractivity contribution in [3.05, 3.63) is 65.2 Å². The van der Waals surface area contributed by atoms with Crippen LogP contribution in [0.15, 0.2) is 42.7 Å². The SMILES string of the molecule is CC(C)n1cnc2cc(CNC(=O)c3ccc(C#N)cc3F)ccc21. The molecule has 2 aromatic carbocycles. The summed E-state index contributed by atoms with van der Waals surface area (Å²) in [5.74, 6) is -1.22. The largest absolute Gasteiger partial charge is 0.348 e. The minimum atomic E-state index is -0.706. The normalized spacial score (nSPS) is 10.8. The van der Waals surface area contributed by atoms with Crippen LogP contribution in [0.4, 0.5) is 4.39 Å². The van der Waals surface area contributed by atoms with Gasteiger partial charge in [0.25, 0.3) is 5.91 Å². The summed E-state index contributed by atoms with van der Waals surface area (Å²) in [6.45, 7) is 4.44. The summed E-state index contributed by atoms with van der Waals surface area (Å²) < 4.78 is 15.9. The Balaban J connectivity index is 1.74. The molecule has 1 amide bonds. The maximum Gasteiger partial charge on any atom is 0.254 e. The molecule has 0 aliphatic carbocycles. The predicted molar refractivity (Wildman–Crippen MR) is 92.4 cm³/mol. The summed E-state index contributed by atoms with van der Waals surface area (Å²) in [6, 6.07) is 11.7. The molecule has 5 nitrogen and oxygen atoms in total. The van der Waals surface area contributed by atoms with Crippen LogP contribution in [0.25, 0.3) is 11.0 Å². The Bertz CT molecular complexity index is 985. The summed E-state index contributed by atoms with van der Waals surface area (Å²) in [7, 11) is 0. The second-order valence-electron chi connectivity index (χ2n) is 6.06. The van der Waals surface area contributed by atoms with Gasteiger partial charge in [-0.15, -0.1) is 0 Å². The Morgan fingerprint density at radius 1 is 1.32 bits per heavy atom. The van der Waals surface area contributed by atoms with E-state index >= 15 is 0 Å². The third kappa shape index (κ3) is 3.36. The second-order valence-corrected chi connectivity index (χ2v) is 6.06. The molecule has 0 spiro atoms. The summed E-state index contributed by atoms with van der Waals surface area (Å²) in [5, 5.41) is 11.4. The monoisotopic (exact) mass is 336 g/mol. The molecule has 0 aliphatic heterocycles. The lowest BCUT2D eigenvalue weighted by molar-refractivity contribution is 0.0947. The summed E-state index contributed by atoms with van der Waals surface area (Å²) >= 11 is 0. The van der Waals surface area contributed by atoms with Gasteiger partial charge in [-0.3, -0.25) is 4.79 Å². The van der Waals surface area contributed by atoms with Crippen LogP contribution < -0.4 is 5.32 Å². The molecule has 3 aromatic rings. The molecule has 25 heavy (non-hydrogen) atoms. The van der Waals surface area contributed by atoms with E-state index in [2.05, 4.69) is 28.7 Å². The highest BCUT2D eigenvalue weighted by molar-refractivity contribution is 5.94. The predicted octanol–water partition coefficient (Wildman–Crippen LogP) is 3.56. The molecule has 0 fully saturated rings. The third-order valence-corrected chi connectivity index (χ3v) is 3.99. The summed E-state index contributed by atoms with van der Waals surface area (Å²) in [5.41, 5.74) is 2.86. The highest BCUT2D eigenvalue weighted by Crippen LogP contribution is 2.19. The van der Waals surface area contributed by atoms with E-state index < -0.39 is 11.7 Å². The van der Waals surface area contributed by atoms with Gasteiger partial charge in [0.15, 0.2) is 0 Å². The average molecular weight is 336 g/mol. The maximum atomic E-state index is 13.9. The lowest BCUT2D eigenvalue weighted by atomic mass is 10.1. The Hall–Kier alpha value is -3.20. The first-order valence-electron chi connectivity index (χ1n) is 7.93. The van der Waals surface area contributed by atoms with Crippen LogP contribution in [0.3, 0.4) is 0 Å². The zero-order valence-corrected chi connectivity index (χ0v) is 14.0. The van der Waals surface area contributed by atoms with Crippen LogP contribution in [0.2, 0.25) is 0 Å². The van der Waals surface area contributed by atoms with Gasteiger partial charge in [-0.05, 0) is 49.7 Å². The van der Waals surface area contributed by atoms with Crippen LogP contribution in [0.1, 0.15) is 41.4 Å². The molecule has 0 unspecified atom stereocenters. The van der Waals surface area contributed by atoms with Crippen molar-refractivity contribution >= 4 is 16.9 Å². The zero-order valence-electron chi connectivity index (χ0n) is 14.0. The van der Waals surface area contributed by atoms with E-state index in [-0.39, 0.29) is 17.7 Å². The van der Waals surface area contributed by atoms with Gasteiger partial charge in [0, 0.05) is 12.6 Å². The number of nitrogens with one attached hydrogen (secondary N) is 1. The minimum Gasteiger partial charge on any atom is -0.348 e. The molecule has 1 aromatic heterocycles. The standard InChI is InChI=1S/C19H17FN4O/c1-12(2)24-11-23-17-8-14(4-6-18(17)24)10-22-19(25)15-5-3-13(9-21)7-16(15)20/h3-8,11-12H,10H2,1-2H3,(H,22,25). The first-order chi connectivity index (χ1) is 12.0. The van der Waals surface area contributed by atoms with Crippen molar-refractivity contribution in [3.63, 3.8) is 0 Å². The number of fused-ring (bicyclic) bond motifs is 1. The molecule has 0 atom stereocenters. The van der Waals surface area contributed by atoms with Gasteiger partial charge in [-0.25, -0.2) is 9.37 Å². The lowest BCUT2D eigenvalue weighted by Gasteiger charge is -2.09. The Morgan fingerprint density at radius 3 is 2.80 bits per heavy atom. The Morgan fingerprint density at radius 2 is 2.12 bits per heavy atom. The lowest BCUT2D eigenvalue weighted by Crippen LogP contribution is -2.23. The number of aromatic nitrogens is 2. The molecule has 0 radical (unpaired) electrons. The molecule has 0 bridgehead atoms. The van der Waals surface area contributed by atoms with Crippen LogP contribution in [0, 0.1) is 17.1 Å². The number of carbonyl (C=O) groups excluding carboxylic acids is 1. The van der Waals surface area contributed by atoms with E-state index in [1.165, 1.54) is 12.1 Å². The molecule has 1 heterocycles. The number of hydrogen-bond donors (Lipinski definition) is 1. The molecule has 126 valence electrons. The average Bonchev–Trinajstić information content (AvgIpc) is 3.02. The van der Waals surface area contributed by atoms with Gasteiger partial charge in [-0.2, -0.15) is 5.26 Å². The first kappa shape index (κ1) is 16.7. The number of hydrogen-bond acceptors (Lipinski definition) is 3. The van der Waals surface area contributed by atoms with E-state index in [0.717, 1.165) is 22.7 Å². The summed E-state index contributed by atoms with van der Waals surface area (Å²) in [4.78, 5) is 16.5. The Labute approximate surface area is 144 Å². The molecular weight excluding hydrogens is 319 g/mol. The third-order valence-electron chi connectivity index (χ3n) is 3.99. The van der Waals surface area contributed by atoms with Gasteiger partial charge < -0.3 is 9.88 Å². The molecule has 6 heteroatoms. The van der Waals surface area contributed by atoms with Gasteiger partial charge >= 0.3 is 0 Å². The van der Waals surface area contributed by atoms with Gasteiger partial charge in [0.05, 0.1) is 34.6 Å². The van der Waals surface area contributed by atoms with E-state index in [1.54, 1.807) is 6.33 Å². The number of nitriles is 1. The van der Waals surface area contributed by atoms with Crippen LogP contribution >= 0.6 is 0 Å². The number of rotatable bonds is 4. The van der Waals surface area contributed by atoms with Crippen molar-refractivity contribution in [2.24, 2.45) is 0 Å². The van der Waals surface area contributed by atoms with Crippen LogP contribution in [-0.2, 0) is 6.54 Å². The fraction of sp³-hybridized carbons (Fsp3) is 0.211. The molecule has 0 aliphatic rings. The fourth-order valence-corrected chi connectivity index (χ4v) is 2.65. The van der Waals surface area contributed by atoms with Crippen molar-refractivity contribution in [1.82, 2.24) is 14.9 Å². The van der Waals surface area contributed by atoms with Crippen molar-refractivity contribution in [3.8, 4) is 6.07 Å². The summed E-state index contributed by atoms with van der Waals surface area (Å²) in [6.07, 6.45) is 1.80. The van der Waals surface area contributed by atoms with Gasteiger partial charge in [0.1, 0.15) is 5.82 Å². The minimum absolute atomic E-state index is 0.0795. The number of amides is 1. The van der Waals surface area contributed by atoms with Crippen molar-refractivity contribution in [2.75, 3.05) is 0 Å². The molecule has 0 saturated heterocycles. The van der Waals surface area contributed by atoms with Gasteiger partial charge in [-0.1, -0.05) is 6.07 Å². The highest BCUT2D eigenvalue weighted by atomic mass is 19.1. The number of carbonyl (C=O) groups is 1. The van der Waals surface area contributed by atoms with Crippen LogP contribution in [-0.4, -0.2) is 15.5 Å². The smallest absolute Gasteiger partial charge is 0.254 e. The number of benzene rings is 2. The van der Waals surface area contributed by atoms with E-state index in [4.69, 9.17) is 5.26 Å². The topological polar surface area (TPSA) is 70.7 Å². The van der Waals surface area contributed by atoms with Crippen molar-refractivity contribution in [2.45, 2.75) is 26.4 Å². The van der Waals surface area contributed by atoms with Crippen LogP contribution in [0.5, 0.6) is 0 Å². The highest BCUT2D eigenvalue weighted by Gasteiger charge is 2.12. The Kier molecular flexibility index (Phi) is 4.48. The van der Waals surface area contributed by atoms with E-state index in [9.17, 15) is 9.18 Å². The molecule has 0 saturated carbocycles. The van der Waals surface area contributed by atoms with E-state index in [1.807, 2.05) is 24.3 Å². The quantitative estimate of drug-likeness (QED) is 0.792. The van der Waals surface area contributed by atoms with E-state index in [0.29, 0.717) is 6.04 Å². The maximum absolute atomic E-state index is 13.9. The molecule has 1 N–H and O–H groups in total. The fourth-order valence-electron chi connectivity index (χ4n) is 2.65. The number of halogens is 1. The zero-order chi connectivity index (χ0) is 18.0. The first-order valence-corrected chi connectivity index (χ1v) is 7.93. The molecular formula is C19H17FN4O. The molecule has 3 rings (SSSR count). The van der Waals surface area contributed by atoms with Crippen molar-refractivity contribution < 1.29 is 9.18 Å². The van der Waals surface area contributed by atoms with Gasteiger partial charge in [0.2, 0.25) is 0 Å². The second kappa shape index (κ2) is 6.73. The van der Waals surface area contributed by atoms with Crippen molar-refractivity contribution in [1.29, 1.82) is 5.26 Å². The number of nitrogens with zero attached hydrogens (tertiary/aromatic N) is 3.